The first-order valence-electron chi connectivity index (χ1n) is 9.50. The van der Waals surface area contributed by atoms with E-state index in [0.717, 1.165) is 23.9 Å². The van der Waals surface area contributed by atoms with Gasteiger partial charge in [-0.15, -0.1) is 0 Å². The molecule has 1 aliphatic rings. The molecule has 1 aliphatic heterocycles. The highest BCUT2D eigenvalue weighted by Gasteiger charge is 2.29. The molecule has 0 aliphatic carbocycles. The molecule has 1 fully saturated rings. The summed E-state index contributed by atoms with van der Waals surface area (Å²) in [6.07, 6.45) is 1.78. The lowest BCUT2D eigenvalue weighted by Crippen LogP contribution is -2.36. The van der Waals surface area contributed by atoms with E-state index in [9.17, 15) is 9.59 Å². The standard InChI is InChI=1S/C22H23N3O3/c1-24-19-5-3-2-4-18(19)23-20(21(24)27)22(28)25-11-10-17(13-25)12-15-6-8-16(14-26)9-7-15/h2-9,17,26H,10-14H2,1H3. The molecule has 1 atom stereocenters. The van der Waals surface area contributed by atoms with Crippen LogP contribution in [-0.2, 0) is 20.1 Å². The zero-order valence-corrected chi connectivity index (χ0v) is 15.8. The molecular weight excluding hydrogens is 354 g/mol. The van der Waals surface area contributed by atoms with Crippen LogP contribution in [0.3, 0.4) is 0 Å². The van der Waals surface area contributed by atoms with Crippen molar-refractivity contribution < 1.29 is 9.90 Å². The zero-order chi connectivity index (χ0) is 19.7. The third kappa shape index (κ3) is 3.43. The van der Waals surface area contributed by atoms with Crippen LogP contribution in [0.1, 0.15) is 28.0 Å². The third-order valence-corrected chi connectivity index (χ3v) is 5.49. The van der Waals surface area contributed by atoms with Gasteiger partial charge < -0.3 is 14.6 Å². The summed E-state index contributed by atoms with van der Waals surface area (Å²) in [7, 11) is 1.67. The topological polar surface area (TPSA) is 75.4 Å². The van der Waals surface area contributed by atoms with Crippen LogP contribution in [0.2, 0.25) is 0 Å². The Bertz CT molecular complexity index is 1070. The van der Waals surface area contributed by atoms with Gasteiger partial charge in [0.2, 0.25) is 0 Å². The van der Waals surface area contributed by atoms with E-state index in [1.165, 1.54) is 10.1 Å². The lowest BCUT2D eigenvalue weighted by Gasteiger charge is -2.17. The molecule has 1 aromatic heterocycles. The molecular formula is C22H23N3O3. The molecule has 6 heteroatoms. The summed E-state index contributed by atoms with van der Waals surface area (Å²) in [5.41, 5.74) is 3.09. The number of aliphatic hydroxyl groups excluding tert-OH is 1. The highest BCUT2D eigenvalue weighted by atomic mass is 16.3. The van der Waals surface area contributed by atoms with Crippen molar-refractivity contribution in [3.05, 3.63) is 75.7 Å². The van der Waals surface area contributed by atoms with Gasteiger partial charge >= 0.3 is 0 Å². The Morgan fingerprint density at radius 2 is 1.86 bits per heavy atom. The first kappa shape index (κ1) is 18.4. The van der Waals surface area contributed by atoms with Crippen molar-refractivity contribution in [2.24, 2.45) is 13.0 Å². The number of aromatic nitrogens is 2. The molecule has 1 N–H and O–H groups in total. The molecule has 6 nitrogen and oxygen atoms in total. The lowest BCUT2D eigenvalue weighted by atomic mass is 9.98. The predicted octanol–water partition coefficient (Wildman–Crippen LogP) is 2.13. The average molecular weight is 377 g/mol. The number of carbonyl (C=O) groups is 1. The molecule has 1 amide bonds. The van der Waals surface area contributed by atoms with Crippen LogP contribution in [0.5, 0.6) is 0 Å². The van der Waals surface area contributed by atoms with Crippen LogP contribution in [0.15, 0.2) is 53.3 Å². The minimum Gasteiger partial charge on any atom is -0.392 e. The number of para-hydroxylation sites is 2. The van der Waals surface area contributed by atoms with Gasteiger partial charge in [-0.2, -0.15) is 0 Å². The van der Waals surface area contributed by atoms with Crippen LogP contribution in [-0.4, -0.2) is 38.6 Å². The number of fused-ring (bicyclic) bond motifs is 1. The largest absolute Gasteiger partial charge is 0.392 e. The molecule has 3 aromatic rings. The minimum atomic E-state index is -0.355. The maximum atomic E-state index is 13.0. The van der Waals surface area contributed by atoms with Crippen molar-refractivity contribution in [1.29, 1.82) is 0 Å². The van der Waals surface area contributed by atoms with Crippen molar-refractivity contribution in [2.75, 3.05) is 13.1 Å². The fourth-order valence-electron chi connectivity index (χ4n) is 3.87. The Labute approximate surface area is 163 Å². The molecule has 1 saturated heterocycles. The number of nitrogens with zero attached hydrogens (tertiary/aromatic N) is 3. The minimum absolute atomic E-state index is 0.00542. The second kappa shape index (κ2) is 7.56. The Morgan fingerprint density at radius 3 is 2.61 bits per heavy atom. The average Bonchev–Trinajstić information content (AvgIpc) is 3.19. The smallest absolute Gasteiger partial charge is 0.282 e. The van der Waals surface area contributed by atoms with E-state index in [2.05, 4.69) is 4.98 Å². The van der Waals surface area contributed by atoms with Crippen molar-refractivity contribution in [3.63, 3.8) is 0 Å². The Hall–Kier alpha value is -2.99. The molecule has 2 aromatic carbocycles. The summed E-state index contributed by atoms with van der Waals surface area (Å²) < 4.78 is 1.49. The van der Waals surface area contributed by atoms with E-state index in [-0.39, 0.29) is 23.8 Å². The van der Waals surface area contributed by atoms with E-state index in [0.29, 0.717) is 24.5 Å². The first-order valence-corrected chi connectivity index (χ1v) is 9.50. The molecule has 144 valence electrons. The highest BCUT2D eigenvalue weighted by Crippen LogP contribution is 2.22. The summed E-state index contributed by atoms with van der Waals surface area (Å²) in [6, 6.07) is 15.2. The predicted molar refractivity (Wildman–Crippen MR) is 107 cm³/mol. The van der Waals surface area contributed by atoms with Crippen LogP contribution in [0.4, 0.5) is 0 Å². The maximum Gasteiger partial charge on any atom is 0.282 e. The van der Waals surface area contributed by atoms with Gasteiger partial charge in [-0.3, -0.25) is 9.59 Å². The SMILES string of the molecule is Cn1c(=O)c(C(=O)N2CCC(Cc3ccc(CO)cc3)C2)nc2ccccc21. The molecule has 0 spiro atoms. The number of benzene rings is 2. The maximum absolute atomic E-state index is 13.0. The van der Waals surface area contributed by atoms with E-state index in [1.54, 1.807) is 11.9 Å². The molecule has 0 radical (unpaired) electrons. The van der Waals surface area contributed by atoms with Crippen molar-refractivity contribution in [3.8, 4) is 0 Å². The number of amides is 1. The number of rotatable bonds is 4. The van der Waals surface area contributed by atoms with Gasteiger partial charge in [-0.25, -0.2) is 4.98 Å². The van der Waals surface area contributed by atoms with Crippen LogP contribution in [0.25, 0.3) is 11.0 Å². The van der Waals surface area contributed by atoms with Gasteiger partial charge in [0, 0.05) is 20.1 Å². The van der Waals surface area contributed by atoms with E-state index >= 15 is 0 Å². The fourth-order valence-corrected chi connectivity index (χ4v) is 3.87. The molecule has 1 unspecified atom stereocenters. The van der Waals surface area contributed by atoms with Crippen molar-refractivity contribution in [1.82, 2.24) is 14.5 Å². The third-order valence-electron chi connectivity index (χ3n) is 5.49. The Kier molecular flexibility index (Phi) is 4.96. The number of hydrogen-bond acceptors (Lipinski definition) is 4. The zero-order valence-electron chi connectivity index (χ0n) is 15.8. The van der Waals surface area contributed by atoms with Crippen LogP contribution < -0.4 is 5.56 Å². The van der Waals surface area contributed by atoms with Crippen molar-refractivity contribution in [2.45, 2.75) is 19.4 Å². The van der Waals surface area contributed by atoms with E-state index < -0.39 is 0 Å². The van der Waals surface area contributed by atoms with Gasteiger partial charge in [0.15, 0.2) is 5.69 Å². The first-order chi connectivity index (χ1) is 13.6. The van der Waals surface area contributed by atoms with Crippen LogP contribution >= 0.6 is 0 Å². The number of carbonyl (C=O) groups excluding carboxylic acids is 1. The van der Waals surface area contributed by atoms with E-state index in [4.69, 9.17) is 5.11 Å². The molecule has 4 rings (SSSR count). The normalized spacial score (nSPS) is 16.6. The summed E-state index contributed by atoms with van der Waals surface area (Å²) in [5, 5.41) is 9.15. The van der Waals surface area contributed by atoms with Gasteiger partial charge in [0.25, 0.3) is 11.5 Å². The summed E-state index contributed by atoms with van der Waals surface area (Å²) >= 11 is 0. The Morgan fingerprint density at radius 1 is 1.14 bits per heavy atom. The number of aliphatic hydroxyl groups is 1. The van der Waals surface area contributed by atoms with Gasteiger partial charge in [0.05, 0.1) is 17.6 Å². The highest BCUT2D eigenvalue weighted by molar-refractivity contribution is 5.94. The second-order valence-electron chi connectivity index (χ2n) is 7.40. The monoisotopic (exact) mass is 377 g/mol. The van der Waals surface area contributed by atoms with E-state index in [1.807, 2.05) is 48.5 Å². The quantitative estimate of drug-likeness (QED) is 0.756. The van der Waals surface area contributed by atoms with Crippen molar-refractivity contribution >= 4 is 16.9 Å². The van der Waals surface area contributed by atoms with Crippen LogP contribution in [0, 0.1) is 5.92 Å². The second-order valence-corrected chi connectivity index (χ2v) is 7.40. The molecule has 0 bridgehead atoms. The fraction of sp³-hybridized carbons (Fsp3) is 0.318. The summed E-state index contributed by atoms with van der Waals surface area (Å²) in [5.74, 6) is 0.0673. The van der Waals surface area contributed by atoms with Gasteiger partial charge in [0.1, 0.15) is 0 Å². The number of hydrogen-bond donors (Lipinski definition) is 1. The van der Waals surface area contributed by atoms with Gasteiger partial charge in [-0.05, 0) is 42.0 Å². The molecule has 0 saturated carbocycles. The number of likely N-dealkylation sites (tertiary alicyclic amines) is 1. The molecule has 2 heterocycles. The van der Waals surface area contributed by atoms with Gasteiger partial charge in [-0.1, -0.05) is 36.4 Å². The Balaban J connectivity index is 1.51. The lowest BCUT2D eigenvalue weighted by molar-refractivity contribution is 0.0779. The summed E-state index contributed by atoms with van der Waals surface area (Å²) in [6.45, 7) is 1.30. The molecule has 28 heavy (non-hydrogen) atoms. The number of aryl methyl sites for hydroxylation is 1. The summed E-state index contributed by atoms with van der Waals surface area (Å²) in [4.78, 5) is 31.7.